The Balaban J connectivity index is 2.37. The number of carboxylic acid groups (broad SMARTS) is 1. The molecule has 20 heavy (non-hydrogen) atoms. The van der Waals surface area contributed by atoms with Crippen molar-refractivity contribution >= 4 is 29.2 Å². The average molecular weight is 294 g/mol. The van der Waals surface area contributed by atoms with Gasteiger partial charge in [-0.3, -0.25) is 4.79 Å². The Morgan fingerprint density at radius 2 is 1.90 bits per heavy atom. The molecule has 0 aliphatic heterocycles. The lowest BCUT2D eigenvalue weighted by atomic mass is 10.1. The maximum absolute atomic E-state index is 11.4. The normalized spacial score (nSPS) is 9.85. The van der Waals surface area contributed by atoms with Gasteiger partial charge in [0.2, 0.25) is 5.91 Å². The van der Waals surface area contributed by atoms with E-state index in [9.17, 15) is 9.59 Å². The zero-order chi connectivity index (χ0) is 15.0. The quantitative estimate of drug-likeness (QED) is 0.700. The highest BCUT2D eigenvalue weighted by molar-refractivity contribution is 7.80. The number of thiocarbonyl (C=S) groups is 1. The van der Waals surface area contributed by atoms with Crippen molar-refractivity contribution in [2.45, 2.75) is 32.7 Å². The maximum Gasteiger partial charge on any atom is 0.335 e. The largest absolute Gasteiger partial charge is 0.478 e. The predicted molar refractivity (Wildman–Crippen MR) is 80.5 cm³/mol. The summed E-state index contributed by atoms with van der Waals surface area (Å²) in [7, 11) is 0. The van der Waals surface area contributed by atoms with E-state index in [-0.39, 0.29) is 16.6 Å². The first kappa shape index (κ1) is 16.1. The zero-order valence-corrected chi connectivity index (χ0v) is 12.1. The number of carboxylic acids is 1. The van der Waals surface area contributed by atoms with Crippen LogP contribution >= 0.6 is 12.2 Å². The van der Waals surface area contributed by atoms with Crippen LogP contribution in [0.1, 0.15) is 42.1 Å². The van der Waals surface area contributed by atoms with E-state index in [0.29, 0.717) is 13.0 Å². The van der Waals surface area contributed by atoms with E-state index in [2.05, 4.69) is 10.6 Å². The van der Waals surface area contributed by atoms with Gasteiger partial charge in [-0.2, -0.15) is 0 Å². The van der Waals surface area contributed by atoms with E-state index >= 15 is 0 Å². The van der Waals surface area contributed by atoms with Crippen LogP contribution in [0.3, 0.4) is 0 Å². The van der Waals surface area contributed by atoms with Gasteiger partial charge >= 0.3 is 5.97 Å². The zero-order valence-electron chi connectivity index (χ0n) is 11.3. The highest BCUT2D eigenvalue weighted by Crippen LogP contribution is 2.04. The molecule has 1 amide bonds. The summed E-state index contributed by atoms with van der Waals surface area (Å²) in [6.07, 6.45) is 2.26. The summed E-state index contributed by atoms with van der Waals surface area (Å²) >= 11 is 5.01. The minimum absolute atomic E-state index is 0.0921. The number of amides is 1. The van der Waals surface area contributed by atoms with Crippen molar-refractivity contribution in [1.29, 1.82) is 0 Å². The smallest absolute Gasteiger partial charge is 0.335 e. The molecule has 0 atom stereocenters. The minimum atomic E-state index is -0.955. The highest BCUT2D eigenvalue weighted by atomic mass is 32.1. The molecule has 6 heteroatoms. The van der Waals surface area contributed by atoms with Gasteiger partial charge in [-0.05, 0) is 36.3 Å². The molecule has 3 N–H and O–H groups in total. The van der Waals surface area contributed by atoms with Crippen LogP contribution in [0.4, 0.5) is 0 Å². The molecule has 0 heterocycles. The summed E-state index contributed by atoms with van der Waals surface area (Å²) in [5.41, 5.74) is 1.13. The van der Waals surface area contributed by atoms with Crippen molar-refractivity contribution in [2.24, 2.45) is 0 Å². The van der Waals surface area contributed by atoms with Crippen LogP contribution in [-0.4, -0.2) is 22.1 Å². The monoisotopic (exact) mass is 294 g/mol. The van der Waals surface area contributed by atoms with Crippen molar-refractivity contribution < 1.29 is 14.7 Å². The van der Waals surface area contributed by atoms with E-state index in [1.807, 2.05) is 6.92 Å². The van der Waals surface area contributed by atoms with Crippen LogP contribution in [0, 0.1) is 0 Å². The molecule has 0 aromatic heterocycles. The maximum atomic E-state index is 11.4. The van der Waals surface area contributed by atoms with Crippen molar-refractivity contribution in [3.63, 3.8) is 0 Å². The molecular formula is C14H18N2O3S. The van der Waals surface area contributed by atoms with E-state index in [1.165, 1.54) is 12.1 Å². The minimum Gasteiger partial charge on any atom is -0.478 e. The first-order chi connectivity index (χ1) is 9.52. The fourth-order valence-electron chi connectivity index (χ4n) is 1.52. The number of rotatable bonds is 6. The van der Waals surface area contributed by atoms with Crippen LogP contribution in [0.15, 0.2) is 24.3 Å². The van der Waals surface area contributed by atoms with Crippen molar-refractivity contribution in [3.8, 4) is 0 Å². The molecule has 0 fully saturated rings. The molecule has 0 aliphatic carbocycles. The second-order valence-electron chi connectivity index (χ2n) is 4.34. The van der Waals surface area contributed by atoms with Gasteiger partial charge < -0.3 is 15.7 Å². The molecule has 1 aromatic rings. The third-order valence-corrected chi connectivity index (χ3v) is 2.91. The molecule has 1 aromatic carbocycles. The topological polar surface area (TPSA) is 78.4 Å². The van der Waals surface area contributed by atoms with Gasteiger partial charge in [0.1, 0.15) is 0 Å². The van der Waals surface area contributed by atoms with Crippen LogP contribution in [0.2, 0.25) is 0 Å². The summed E-state index contributed by atoms with van der Waals surface area (Å²) in [5.74, 6) is -1.05. The summed E-state index contributed by atoms with van der Waals surface area (Å²) in [6, 6.07) is 6.47. The summed E-state index contributed by atoms with van der Waals surface area (Å²) < 4.78 is 0. The van der Waals surface area contributed by atoms with Crippen LogP contribution in [0.5, 0.6) is 0 Å². The first-order valence-corrected chi connectivity index (χ1v) is 6.83. The Bertz CT molecular complexity index is 486. The van der Waals surface area contributed by atoms with Gasteiger partial charge in [-0.25, -0.2) is 4.79 Å². The molecule has 0 aliphatic rings. The molecule has 0 unspecified atom stereocenters. The number of benzene rings is 1. The number of hydrogen-bond acceptors (Lipinski definition) is 3. The van der Waals surface area contributed by atoms with Gasteiger partial charge in [0, 0.05) is 13.0 Å². The lowest BCUT2D eigenvalue weighted by molar-refractivity contribution is -0.119. The number of aromatic carboxylic acids is 1. The first-order valence-electron chi connectivity index (χ1n) is 6.43. The number of hydrogen-bond donors (Lipinski definition) is 3. The molecule has 108 valence electrons. The third-order valence-electron chi connectivity index (χ3n) is 2.66. The molecule has 5 nitrogen and oxygen atoms in total. The van der Waals surface area contributed by atoms with E-state index in [1.54, 1.807) is 12.1 Å². The summed E-state index contributed by atoms with van der Waals surface area (Å²) in [5, 5.41) is 14.6. The predicted octanol–water partition coefficient (Wildman–Crippen LogP) is 2.07. The fraction of sp³-hybridized carbons (Fsp3) is 0.357. The molecular weight excluding hydrogens is 276 g/mol. The highest BCUT2D eigenvalue weighted by Gasteiger charge is 2.04. The third kappa shape index (κ3) is 5.79. The van der Waals surface area contributed by atoms with Crippen molar-refractivity contribution in [1.82, 2.24) is 10.6 Å². The second kappa shape index (κ2) is 8.27. The van der Waals surface area contributed by atoms with Gasteiger partial charge in [0.15, 0.2) is 5.11 Å². The molecule has 0 saturated carbocycles. The lowest BCUT2D eigenvalue weighted by Gasteiger charge is -2.09. The van der Waals surface area contributed by atoms with E-state index in [4.69, 9.17) is 17.3 Å². The number of carbonyl (C=O) groups is 2. The Kier molecular flexibility index (Phi) is 6.66. The fourth-order valence-corrected chi connectivity index (χ4v) is 1.70. The Morgan fingerprint density at radius 1 is 1.25 bits per heavy atom. The average Bonchev–Trinajstić information content (AvgIpc) is 2.43. The Hall–Kier alpha value is -1.95. The summed E-state index contributed by atoms with van der Waals surface area (Å²) in [6.45, 7) is 2.46. The molecule has 1 rings (SSSR count). The Labute approximate surface area is 123 Å². The molecule has 0 saturated heterocycles. The number of unbranched alkanes of at least 4 members (excludes halogenated alkanes) is 1. The van der Waals surface area contributed by atoms with Gasteiger partial charge in [-0.1, -0.05) is 25.5 Å². The number of nitrogens with one attached hydrogen (secondary N) is 2. The Morgan fingerprint density at radius 3 is 2.45 bits per heavy atom. The van der Waals surface area contributed by atoms with Gasteiger partial charge in [0.25, 0.3) is 0 Å². The lowest BCUT2D eigenvalue weighted by Crippen LogP contribution is -2.38. The summed E-state index contributed by atoms with van der Waals surface area (Å²) in [4.78, 5) is 22.1. The van der Waals surface area contributed by atoms with E-state index < -0.39 is 5.97 Å². The van der Waals surface area contributed by atoms with E-state index in [0.717, 1.165) is 18.4 Å². The van der Waals surface area contributed by atoms with Crippen LogP contribution < -0.4 is 10.6 Å². The molecule has 0 spiro atoms. The van der Waals surface area contributed by atoms with Crippen molar-refractivity contribution in [2.75, 3.05) is 0 Å². The second-order valence-corrected chi connectivity index (χ2v) is 4.74. The molecule has 0 radical (unpaired) electrons. The standard InChI is InChI=1S/C14H18N2O3S/c1-2-3-4-12(17)16-14(20)15-9-10-5-7-11(8-6-10)13(18)19/h5-8H,2-4,9H2,1H3,(H,18,19)(H2,15,16,17,20). The van der Waals surface area contributed by atoms with Crippen molar-refractivity contribution in [3.05, 3.63) is 35.4 Å². The van der Waals surface area contributed by atoms with Crippen LogP contribution in [-0.2, 0) is 11.3 Å². The van der Waals surface area contributed by atoms with Crippen LogP contribution in [0.25, 0.3) is 0 Å². The van der Waals surface area contributed by atoms with Gasteiger partial charge in [-0.15, -0.1) is 0 Å². The van der Waals surface area contributed by atoms with Gasteiger partial charge in [0.05, 0.1) is 5.56 Å². The molecule has 0 bridgehead atoms. The number of carbonyl (C=O) groups excluding carboxylic acids is 1. The SMILES string of the molecule is CCCCC(=O)NC(=S)NCc1ccc(C(=O)O)cc1.